The van der Waals surface area contributed by atoms with Gasteiger partial charge < -0.3 is 23.3 Å². The van der Waals surface area contributed by atoms with E-state index in [0.717, 1.165) is 0 Å². The van der Waals surface area contributed by atoms with E-state index < -0.39 is 19.1 Å². The van der Waals surface area contributed by atoms with Crippen LogP contribution in [0, 0.1) is 0 Å². The summed E-state index contributed by atoms with van der Waals surface area (Å²) in [6.45, 7) is 0. The third-order valence-corrected chi connectivity index (χ3v) is 2.19. The van der Waals surface area contributed by atoms with Crippen LogP contribution in [-0.2, 0) is 4.12 Å². The highest BCUT2D eigenvalue weighted by molar-refractivity contribution is 6.48. The first-order valence-electron chi connectivity index (χ1n) is 1.50. The van der Waals surface area contributed by atoms with Crippen molar-refractivity contribution in [2.75, 3.05) is 0 Å². The Labute approximate surface area is 43.4 Å². The van der Waals surface area contributed by atoms with E-state index in [1.807, 2.05) is 0 Å². The largest absolute Gasteiger partial charge is 0.471 e. The Balaban J connectivity index is 2.95. The first-order valence-corrected chi connectivity index (χ1v) is 4.51. The molecule has 0 rings (SSSR count). The van der Waals surface area contributed by atoms with Crippen LogP contribution in [0.15, 0.2) is 0 Å². The molecule has 0 fully saturated rings. The quantitative estimate of drug-likeness (QED) is 0.299. The van der Waals surface area contributed by atoms with Crippen LogP contribution in [0.1, 0.15) is 0 Å². The van der Waals surface area contributed by atoms with E-state index in [1.54, 1.807) is 0 Å². The molecule has 0 aliphatic heterocycles. The summed E-state index contributed by atoms with van der Waals surface area (Å²) in [7, 11) is -6.33. The fraction of sp³-hybridized carbons (Fsp3) is 0. The van der Waals surface area contributed by atoms with Crippen LogP contribution in [-0.4, -0.2) is 38.2 Å². The summed E-state index contributed by atoms with van der Waals surface area (Å²) in [5.74, 6) is 0. The van der Waals surface area contributed by atoms with Crippen LogP contribution in [0.4, 0.5) is 0 Å². The Hall–Kier alpha value is 0.234. The van der Waals surface area contributed by atoms with E-state index in [2.05, 4.69) is 4.12 Å². The molecule has 0 unspecified atom stereocenters. The predicted molar refractivity (Wildman–Crippen MR) is 24.3 cm³/mol. The molecule has 44 valence electrons. The second-order valence-electron chi connectivity index (χ2n) is 0.789. The van der Waals surface area contributed by atoms with Crippen molar-refractivity contribution in [3.8, 4) is 0 Å². The third-order valence-electron chi connectivity index (χ3n) is 0.243. The molecule has 5 nitrogen and oxygen atoms in total. The maximum absolute atomic E-state index is 7.91. The summed E-state index contributed by atoms with van der Waals surface area (Å²) in [5, 5.41) is 0. The van der Waals surface area contributed by atoms with Crippen LogP contribution in [0.25, 0.3) is 0 Å². The van der Waals surface area contributed by atoms with E-state index in [4.69, 9.17) is 19.2 Å². The Morgan fingerprint density at radius 2 is 1.14 bits per heavy atom. The first-order chi connectivity index (χ1) is 3.13. The molecule has 0 aromatic heterocycles. The van der Waals surface area contributed by atoms with Gasteiger partial charge in [-0.2, -0.15) is 0 Å². The lowest BCUT2D eigenvalue weighted by molar-refractivity contribution is 0.213. The maximum atomic E-state index is 7.91. The molecule has 0 aliphatic carbocycles. The SMILES string of the molecule is O[SiH](O)O[SiH](O)O. The molecular formula is H6O5Si2. The topological polar surface area (TPSA) is 90.2 Å². The molecule has 0 aromatic rings. The normalized spacial score (nSPS) is 11.1. The summed E-state index contributed by atoms with van der Waals surface area (Å²) in [5.41, 5.74) is 0. The zero-order valence-corrected chi connectivity index (χ0v) is 5.66. The molecule has 0 aliphatic rings. The van der Waals surface area contributed by atoms with Crippen molar-refractivity contribution < 1.29 is 23.3 Å². The molecule has 0 bridgehead atoms. The fourth-order valence-corrected chi connectivity index (χ4v) is 0.980. The Morgan fingerprint density at radius 1 is 0.857 bits per heavy atom. The minimum atomic E-state index is -3.17. The van der Waals surface area contributed by atoms with E-state index >= 15 is 0 Å². The molecule has 0 spiro atoms. The lowest BCUT2D eigenvalue weighted by atomic mass is 15.7. The fourth-order valence-electron chi connectivity index (χ4n) is 0.109. The standard InChI is InChI=1S/H6O5Si2/c1-6(2)5-7(3)4/h1-4,6-7H. The minimum Gasteiger partial charge on any atom is -0.393 e. The summed E-state index contributed by atoms with van der Waals surface area (Å²) in [4.78, 5) is 31.6. The third kappa shape index (κ3) is 6.23. The summed E-state index contributed by atoms with van der Waals surface area (Å²) >= 11 is 0. The van der Waals surface area contributed by atoms with Gasteiger partial charge in [-0.1, -0.05) is 0 Å². The monoisotopic (exact) mass is 142 g/mol. The summed E-state index contributed by atoms with van der Waals surface area (Å²) < 4.78 is 3.75. The minimum absolute atomic E-state index is 3.17. The molecule has 0 amide bonds. The molecule has 0 saturated heterocycles. The van der Waals surface area contributed by atoms with Gasteiger partial charge in [-0.3, -0.25) is 0 Å². The van der Waals surface area contributed by atoms with Gasteiger partial charge in [0, 0.05) is 0 Å². The molecule has 7 heteroatoms. The van der Waals surface area contributed by atoms with Gasteiger partial charge >= 0.3 is 19.1 Å². The summed E-state index contributed by atoms with van der Waals surface area (Å²) in [6, 6.07) is 0. The highest BCUT2D eigenvalue weighted by Gasteiger charge is 2.09. The lowest BCUT2D eigenvalue weighted by Gasteiger charge is -2.00. The molecule has 0 aromatic carbocycles. The average molecular weight is 142 g/mol. The van der Waals surface area contributed by atoms with Crippen LogP contribution in [0.3, 0.4) is 0 Å². The molecule has 7 heavy (non-hydrogen) atoms. The van der Waals surface area contributed by atoms with Crippen molar-refractivity contribution in [2.45, 2.75) is 0 Å². The summed E-state index contributed by atoms with van der Waals surface area (Å²) in [6.07, 6.45) is 0. The van der Waals surface area contributed by atoms with Gasteiger partial charge in [0.15, 0.2) is 0 Å². The molecule has 4 N–H and O–H groups in total. The van der Waals surface area contributed by atoms with Gasteiger partial charge in [0.05, 0.1) is 0 Å². The van der Waals surface area contributed by atoms with Gasteiger partial charge in [-0.05, 0) is 0 Å². The smallest absolute Gasteiger partial charge is 0.393 e. The number of rotatable bonds is 2. The van der Waals surface area contributed by atoms with E-state index in [9.17, 15) is 0 Å². The molecule has 0 saturated carbocycles. The zero-order chi connectivity index (χ0) is 5.86. The second-order valence-corrected chi connectivity index (χ2v) is 3.18. The van der Waals surface area contributed by atoms with E-state index in [-0.39, 0.29) is 0 Å². The van der Waals surface area contributed by atoms with Crippen molar-refractivity contribution in [2.24, 2.45) is 0 Å². The maximum Gasteiger partial charge on any atom is 0.471 e. The predicted octanol–water partition coefficient (Wildman–Crippen LogP) is -3.59. The van der Waals surface area contributed by atoms with Crippen LogP contribution in [0.2, 0.25) is 0 Å². The molecule has 0 radical (unpaired) electrons. The lowest BCUT2D eigenvalue weighted by Crippen LogP contribution is -2.28. The van der Waals surface area contributed by atoms with Crippen molar-refractivity contribution in [1.82, 2.24) is 0 Å². The Kier molecular flexibility index (Phi) is 3.37. The highest BCUT2D eigenvalue weighted by Crippen LogP contribution is 1.73. The van der Waals surface area contributed by atoms with Crippen molar-refractivity contribution >= 4 is 19.1 Å². The van der Waals surface area contributed by atoms with Gasteiger partial charge in [0.25, 0.3) is 0 Å². The number of hydrogen-bond donors (Lipinski definition) is 4. The van der Waals surface area contributed by atoms with E-state index in [0.29, 0.717) is 0 Å². The van der Waals surface area contributed by atoms with Crippen molar-refractivity contribution in [3.63, 3.8) is 0 Å². The number of hydrogen-bond acceptors (Lipinski definition) is 5. The molecule has 0 heterocycles. The Bertz CT molecular complexity index is 35.3. The molecule has 0 atom stereocenters. The second kappa shape index (κ2) is 3.26. The first kappa shape index (κ1) is 7.23. The molecular weight excluding hydrogens is 136 g/mol. The van der Waals surface area contributed by atoms with Gasteiger partial charge in [-0.15, -0.1) is 0 Å². The average Bonchev–Trinajstić information content (AvgIpc) is 1.27. The van der Waals surface area contributed by atoms with Gasteiger partial charge in [0.1, 0.15) is 0 Å². The van der Waals surface area contributed by atoms with Crippen LogP contribution < -0.4 is 0 Å². The van der Waals surface area contributed by atoms with E-state index in [1.165, 1.54) is 0 Å². The van der Waals surface area contributed by atoms with Crippen molar-refractivity contribution in [3.05, 3.63) is 0 Å². The zero-order valence-electron chi connectivity index (χ0n) is 3.35. The Morgan fingerprint density at radius 3 is 1.14 bits per heavy atom. The highest BCUT2D eigenvalue weighted by atomic mass is 28.4. The van der Waals surface area contributed by atoms with Gasteiger partial charge in [-0.25, -0.2) is 0 Å². The van der Waals surface area contributed by atoms with Gasteiger partial charge in [0.2, 0.25) is 0 Å². The van der Waals surface area contributed by atoms with Crippen LogP contribution >= 0.6 is 0 Å². The van der Waals surface area contributed by atoms with Crippen molar-refractivity contribution in [1.29, 1.82) is 0 Å². The van der Waals surface area contributed by atoms with Crippen LogP contribution in [0.5, 0.6) is 0 Å².